The zero-order valence-electron chi connectivity index (χ0n) is 27.5. The third kappa shape index (κ3) is 8.47. The molecule has 2 amide bonds. The number of nitrogens with one attached hydrogen (secondary N) is 2. The van der Waals surface area contributed by atoms with Crippen LogP contribution in [0.4, 0.5) is 4.79 Å². The Morgan fingerprint density at radius 2 is 1.84 bits per heavy atom. The lowest BCUT2D eigenvalue weighted by Gasteiger charge is -2.24. The summed E-state index contributed by atoms with van der Waals surface area (Å²) in [5.41, 5.74) is 2.93. The van der Waals surface area contributed by atoms with E-state index in [4.69, 9.17) is 18.7 Å². The number of rotatable bonds is 14. The minimum absolute atomic E-state index is 0.110. The van der Waals surface area contributed by atoms with Crippen LogP contribution in [-0.2, 0) is 19.2 Å². The van der Waals surface area contributed by atoms with Gasteiger partial charge in [-0.1, -0.05) is 79.7 Å². The molecule has 13 heteroatoms. The highest BCUT2D eigenvalue weighted by Gasteiger charge is 2.40. The molecule has 0 saturated carbocycles. The maximum Gasteiger partial charge on any atom is 0.407 e. The van der Waals surface area contributed by atoms with Crippen molar-refractivity contribution in [1.82, 2.24) is 10.6 Å². The van der Waals surface area contributed by atoms with E-state index in [-0.39, 0.29) is 30.8 Å². The molecule has 2 N–H and O–H groups in total. The Balaban J connectivity index is 1.12. The van der Waals surface area contributed by atoms with Gasteiger partial charge >= 0.3 is 17.7 Å². The minimum Gasteiger partial charge on any atom is -0.489 e. The van der Waals surface area contributed by atoms with Crippen molar-refractivity contribution >= 4 is 40.5 Å². The number of thioether (sulfide) groups is 1. The quantitative estimate of drug-likeness (QED) is 0.0964. The lowest BCUT2D eigenvalue weighted by Crippen LogP contribution is -2.45. The molecular formula is C36H38N4O8S. The molecule has 3 aromatic rings. The number of carbonyl (C=O) groups is 3. The first-order chi connectivity index (χ1) is 23.6. The summed E-state index contributed by atoms with van der Waals surface area (Å²) in [5, 5.41) is 9.65. The van der Waals surface area contributed by atoms with Gasteiger partial charge < -0.3 is 29.4 Å². The van der Waals surface area contributed by atoms with Crippen LogP contribution in [0.1, 0.15) is 62.5 Å². The molecule has 5 rings (SSSR count). The maximum absolute atomic E-state index is 13.4. The van der Waals surface area contributed by atoms with Gasteiger partial charge in [-0.2, -0.15) is 0 Å². The number of benzene rings is 2. The predicted octanol–water partition coefficient (Wildman–Crippen LogP) is 5.52. The highest BCUT2D eigenvalue weighted by molar-refractivity contribution is 8.16. The first kappa shape index (κ1) is 35.1. The van der Waals surface area contributed by atoms with Crippen molar-refractivity contribution in [3.8, 4) is 16.9 Å². The number of hydrogen-bond donors (Lipinski definition) is 2. The van der Waals surface area contributed by atoms with Crippen molar-refractivity contribution in [2.75, 3.05) is 25.5 Å². The highest BCUT2D eigenvalue weighted by atomic mass is 32.2. The van der Waals surface area contributed by atoms with Crippen LogP contribution in [0.5, 0.6) is 5.75 Å². The standard InChI is InChI=1S/C36H38N4O8S/c1-5-11-29(30-17-23(45-16-6-2)18-31(41)47-30)38-34(43)36(4)21-49-33(39-36)22(3)40-48-32(42)19-37-35(44)46-20-28-26-14-9-7-12-24(26)25-13-8-10-15-27(25)28/h6-10,12-15,17-18,28-29H,2,5,11,16,19-21H2,1,3-4H3,(H,37,44)(H,38,43)/b40-22+/t29-,36+/m1/s1. The fourth-order valence-corrected chi connectivity index (χ4v) is 6.68. The number of ether oxygens (including phenoxy) is 2. The maximum atomic E-state index is 13.4. The normalized spacial score (nSPS) is 17.3. The third-order valence-corrected chi connectivity index (χ3v) is 9.37. The Labute approximate surface area is 288 Å². The SMILES string of the molecule is C=CCOc1cc([C@@H](CCC)NC(=O)[C@]2(C)CSC(/C(C)=N/OC(=O)CNC(=O)OCC3c4ccccc4-c4ccccc43)=N2)oc(=O)c1. The average Bonchev–Trinajstić information content (AvgIpc) is 3.66. The molecule has 2 aromatic carbocycles. The van der Waals surface area contributed by atoms with E-state index in [1.807, 2.05) is 55.5 Å². The van der Waals surface area contributed by atoms with Crippen LogP contribution >= 0.6 is 11.8 Å². The van der Waals surface area contributed by atoms with Crippen LogP contribution in [0, 0.1) is 0 Å². The molecule has 0 unspecified atom stereocenters. The molecule has 1 aliphatic heterocycles. The first-order valence-electron chi connectivity index (χ1n) is 15.9. The second kappa shape index (κ2) is 15.8. The molecule has 0 radical (unpaired) electrons. The summed E-state index contributed by atoms with van der Waals surface area (Å²) in [6, 6.07) is 18.2. The Bertz CT molecular complexity index is 1810. The molecule has 0 fully saturated rings. The van der Waals surface area contributed by atoms with Gasteiger partial charge in [0.2, 0.25) is 5.91 Å². The van der Waals surface area contributed by atoms with E-state index in [1.165, 1.54) is 17.8 Å². The van der Waals surface area contributed by atoms with E-state index in [9.17, 15) is 19.2 Å². The highest BCUT2D eigenvalue weighted by Crippen LogP contribution is 2.44. The Kier molecular flexibility index (Phi) is 11.3. The summed E-state index contributed by atoms with van der Waals surface area (Å²) in [4.78, 5) is 59.9. The molecule has 0 bridgehead atoms. The van der Waals surface area contributed by atoms with E-state index < -0.39 is 35.8 Å². The molecule has 49 heavy (non-hydrogen) atoms. The van der Waals surface area contributed by atoms with Gasteiger partial charge in [-0.15, -0.1) is 11.8 Å². The van der Waals surface area contributed by atoms with Gasteiger partial charge in [0.05, 0.1) is 12.1 Å². The molecule has 2 aliphatic rings. The number of oxime groups is 1. The smallest absolute Gasteiger partial charge is 0.407 e. The van der Waals surface area contributed by atoms with E-state index in [0.717, 1.165) is 22.3 Å². The molecule has 2 atom stereocenters. The Hall–Kier alpha value is -5.17. The summed E-state index contributed by atoms with van der Waals surface area (Å²) < 4.78 is 16.4. The summed E-state index contributed by atoms with van der Waals surface area (Å²) >= 11 is 1.29. The largest absolute Gasteiger partial charge is 0.489 e. The van der Waals surface area contributed by atoms with E-state index in [0.29, 0.717) is 35.1 Å². The van der Waals surface area contributed by atoms with Gasteiger partial charge in [0.15, 0.2) is 0 Å². The van der Waals surface area contributed by atoms with E-state index >= 15 is 0 Å². The van der Waals surface area contributed by atoms with Crippen LogP contribution in [-0.4, -0.2) is 59.8 Å². The van der Waals surface area contributed by atoms with Gasteiger partial charge in [0.1, 0.15) is 47.6 Å². The summed E-state index contributed by atoms with van der Waals surface area (Å²) in [7, 11) is 0. The van der Waals surface area contributed by atoms with Crippen LogP contribution in [0.15, 0.2) is 92.7 Å². The number of alkyl carbamates (subject to hydrolysis) is 1. The average molecular weight is 687 g/mol. The second-order valence-electron chi connectivity index (χ2n) is 11.7. The van der Waals surface area contributed by atoms with Gasteiger partial charge in [0.25, 0.3) is 0 Å². The van der Waals surface area contributed by atoms with Crippen molar-refractivity contribution in [3.63, 3.8) is 0 Å². The van der Waals surface area contributed by atoms with Crippen molar-refractivity contribution in [1.29, 1.82) is 0 Å². The van der Waals surface area contributed by atoms with Crippen LogP contribution in [0.3, 0.4) is 0 Å². The zero-order chi connectivity index (χ0) is 35.0. The number of hydrogen-bond acceptors (Lipinski definition) is 11. The van der Waals surface area contributed by atoms with Crippen molar-refractivity contribution in [3.05, 3.63) is 101 Å². The molecule has 12 nitrogen and oxygen atoms in total. The number of aliphatic imine (C=N–C) groups is 1. The van der Waals surface area contributed by atoms with Gasteiger partial charge in [-0.05, 0) is 42.5 Å². The fraction of sp³-hybridized carbons (Fsp3) is 0.333. The molecule has 0 saturated heterocycles. The van der Waals surface area contributed by atoms with E-state index in [1.54, 1.807) is 26.0 Å². The zero-order valence-corrected chi connectivity index (χ0v) is 28.3. The first-order valence-corrected chi connectivity index (χ1v) is 16.9. The second-order valence-corrected chi connectivity index (χ2v) is 12.7. The monoisotopic (exact) mass is 686 g/mol. The molecule has 256 valence electrons. The fourth-order valence-electron chi connectivity index (χ4n) is 5.55. The summed E-state index contributed by atoms with van der Waals surface area (Å²) in [6.45, 7) is 8.71. The summed E-state index contributed by atoms with van der Waals surface area (Å²) in [5.74, 6) is -0.383. The molecule has 2 heterocycles. The van der Waals surface area contributed by atoms with Crippen molar-refractivity contribution < 1.29 is 33.1 Å². The van der Waals surface area contributed by atoms with E-state index in [2.05, 4.69) is 27.4 Å². The van der Waals surface area contributed by atoms with Gasteiger partial charge in [-0.3, -0.25) is 9.79 Å². The van der Waals surface area contributed by atoms with Crippen molar-refractivity contribution in [2.24, 2.45) is 10.1 Å². The molecule has 1 aliphatic carbocycles. The third-order valence-electron chi connectivity index (χ3n) is 8.00. The van der Waals surface area contributed by atoms with Crippen molar-refractivity contribution in [2.45, 2.75) is 51.1 Å². The minimum atomic E-state index is -1.16. The lowest BCUT2D eigenvalue weighted by molar-refractivity contribution is -0.142. The lowest BCUT2D eigenvalue weighted by atomic mass is 9.98. The van der Waals surface area contributed by atoms with Crippen LogP contribution < -0.4 is 21.0 Å². The van der Waals surface area contributed by atoms with Crippen LogP contribution in [0.2, 0.25) is 0 Å². The topological polar surface area (TPSA) is 158 Å². The van der Waals surface area contributed by atoms with Gasteiger partial charge in [-0.25, -0.2) is 14.4 Å². The Morgan fingerprint density at radius 3 is 2.51 bits per heavy atom. The number of fused-ring (bicyclic) bond motifs is 3. The van der Waals surface area contributed by atoms with Crippen LogP contribution in [0.25, 0.3) is 11.1 Å². The Morgan fingerprint density at radius 1 is 1.14 bits per heavy atom. The number of amides is 2. The summed E-state index contributed by atoms with van der Waals surface area (Å²) in [6.07, 6.45) is 2.03. The number of carbonyl (C=O) groups excluding carboxylic acids is 3. The molecule has 0 spiro atoms. The molecular weight excluding hydrogens is 648 g/mol. The van der Waals surface area contributed by atoms with Gasteiger partial charge in [0, 0.05) is 17.7 Å². The predicted molar refractivity (Wildman–Crippen MR) is 187 cm³/mol. The number of nitrogens with zero attached hydrogens (tertiary/aromatic N) is 2. The molecule has 1 aromatic heterocycles.